The van der Waals surface area contributed by atoms with Gasteiger partial charge in [-0.2, -0.15) is 0 Å². The fourth-order valence-electron chi connectivity index (χ4n) is 4.48. The van der Waals surface area contributed by atoms with Gasteiger partial charge in [0.2, 0.25) is 17.5 Å². The second kappa shape index (κ2) is 12.4. The fourth-order valence-corrected chi connectivity index (χ4v) is 4.48. The van der Waals surface area contributed by atoms with Gasteiger partial charge < -0.3 is 59.1 Å². The van der Waals surface area contributed by atoms with Crippen LogP contribution in [0.2, 0.25) is 0 Å². The van der Waals surface area contributed by atoms with Gasteiger partial charge >= 0.3 is 11.9 Å². The smallest absolute Gasteiger partial charge is 0.308 e. The Morgan fingerprint density at radius 2 is 1.67 bits per heavy atom. The third kappa shape index (κ3) is 6.98. The molecule has 1 aliphatic rings. The summed E-state index contributed by atoms with van der Waals surface area (Å²) in [5, 5.41) is 70.4. The molecule has 0 bridgehead atoms. The van der Waals surface area contributed by atoms with Crippen molar-refractivity contribution in [2.45, 2.75) is 56.1 Å². The van der Waals surface area contributed by atoms with Crippen LogP contribution in [0.15, 0.2) is 45.6 Å². The number of methoxy groups -OCH3 is 1. The molecule has 43 heavy (non-hydrogen) atoms. The molecule has 0 amide bonds. The first-order valence-electron chi connectivity index (χ1n) is 12.8. The highest BCUT2D eigenvalue weighted by atomic mass is 16.7. The molecule has 0 radical (unpaired) electrons. The highest BCUT2D eigenvalue weighted by Gasteiger charge is 2.46. The number of aliphatic carboxylic acids is 1. The minimum Gasteiger partial charge on any atom is -0.508 e. The molecule has 1 fully saturated rings. The number of phenols is 2. The van der Waals surface area contributed by atoms with Crippen molar-refractivity contribution in [2.24, 2.45) is 0 Å². The molecule has 1 aromatic heterocycles. The number of ether oxygens (including phenoxy) is 4. The monoisotopic (exact) mass is 606 g/mol. The number of phenolic OH excluding ortho intramolecular Hbond substituents is 2. The number of aliphatic hydroxyl groups is 4. The summed E-state index contributed by atoms with van der Waals surface area (Å²) in [6, 6.07) is 7.89. The second-order valence-corrected chi connectivity index (χ2v) is 10.2. The Morgan fingerprint density at radius 3 is 2.30 bits per heavy atom. The van der Waals surface area contributed by atoms with Gasteiger partial charge in [-0.25, -0.2) is 0 Å². The Balaban J connectivity index is 1.66. The average molecular weight is 607 g/mol. The lowest BCUT2D eigenvalue weighted by Gasteiger charge is -2.39. The summed E-state index contributed by atoms with van der Waals surface area (Å²) in [4.78, 5) is 36.7. The van der Waals surface area contributed by atoms with Crippen molar-refractivity contribution in [3.63, 3.8) is 0 Å². The lowest BCUT2D eigenvalue weighted by atomic mass is 9.98. The average Bonchev–Trinajstić information content (AvgIpc) is 2.92. The quantitative estimate of drug-likeness (QED) is 0.153. The predicted octanol–water partition coefficient (Wildman–Crippen LogP) is 0.225. The van der Waals surface area contributed by atoms with Crippen LogP contribution in [0.4, 0.5) is 0 Å². The van der Waals surface area contributed by atoms with Gasteiger partial charge in [0.25, 0.3) is 0 Å². The van der Waals surface area contributed by atoms with E-state index in [1.807, 2.05) is 0 Å². The number of rotatable bonds is 10. The maximum atomic E-state index is 13.6. The fraction of sp³-hybridized carbons (Fsp3) is 0.393. The lowest BCUT2D eigenvalue weighted by Crippen LogP contribution is -2.60. The van der Waals surface area contributed by atoms with Crippen molar-refractivity contribution >= 4 is 22.9 Å². The summed E-state index contributed by atoms with van der Waals surface area (Å²) in [7, 11) is 1.34. The normalized spacial score (nSPS) is 23.3. The van der Waals surface area contributed by atoms with E-state index in [4.69, 9.17) is 28.5 Å². The van der Waals surface area contributed by atoms with Gasteiger partial charge in [-0.3, -0.25) is 14.4 Å². The number of hydrogen-bond donors (Lipinski definition) is 7. The SMILES string of the molecule is COc1cc(O)c2c(=O)c(O[C@@H]3O[C@H](COC(=O)CC(C)(O)CC(=O)O)[C@H](O)[C@H](O)[C@H]3O)c(-c3ccc(O)cc3)oc2c1. The molecule has 7 N–H and O–H groups in total. The molecular weight excluding hydrogens is 576 g/mol. The van der Waals surface area contributed by atoms with Crippen molar-refractivity contribution in [3.05, 3.63) is 46.6 Å². The molecular formula is C28H30O15. The first-order chi connectivity index (χ1) is 20.2. The molecule has 6 atom stereocenters. The topological polar surface area (TPSA) is 243 Å². The van der Waals surface area contributed by atoms with E-state index in [1.54, 1.807) is 0 Å². The second-order valence-electron chi connectivity index (χ2n) is 10.2. The number of esters is 1. The van der Waals surface area contributed by atoms with Crippen LogP contribution < -0.4 is 14.9 Å². The highest BCUT2D eigenvalue weighted by Crippen LogP contribution is 2.37. The Hall–Kier alpha value is -4.41. The van der Waals surface area contributed by atoms with Crippen LogP contribution in [-0.4, -0.2) is 97.7 Å². The molecule has 2 aromatic carbocycles. The van der Waals surface area contributed by atoms with Gasteiger partial charge in [0.05, 0.1) is 25.6 Å². The van der Waals surface area contributed by atoms with Gasteiger partial charge in [-0.05, 0) is 31.2 Å². The largest absolute Gasteiger partial charge is 0.508 e. The molecule has 3 aromatic rings. The molecule has 1 unspecified atom stereocenters. The van der Waals surface area contributed by atoms with Crippen molar-refractivity contribution in [1.29, 1.82) is 0 Å². The molecule has 15 nitrogen and oxygen atoms in total. The van der Waals surface area contributed by atoms with Crippen molar-refractivity contribution in [1.82, 2.24) is 0 Å². The van der Waals surface area contributed by atoms with Gasteiger partial charge in [0.1, 0.15) is 59.2 Å². The van der Waals surface area contributed by atoms with Crippen LogP contribution in [0, 0.1) is 0 Å². The maximum absolute atomic E-state index is 13.6. The number of aromatic hydroxyl groups is 2. The molecule has 232 valence electrons. The molecule has 0 saturated carbocycles. The van der Waals surface area contributed by atoms with Crippen molar-refractivity contribution < 1.29 is 68.7 Å². The third-order valence-electron chi connectivity index (χ3n) is 6.64. The molecule has 4 rings (SSSR count). The summed E-state index contributed by atoms with van der Waals surface area (Å²) in [5.74, 6) is -3.64. The first kappa shape index (κ1) is 31.5. The third-order valence-corrected chi connectivity index (χ3v) is 6.64. The van der Waals surface area contributed by atoms with E-state index in [9.17, 15) is 45.0 Å². The maximum Gasteiger partial charge on any atom is 0.308 e. The van der Waals surface area contributed by atoms with Gasteiger partial charge in [0.15, 0.2) is 5.76 Å². The zero-order chi connectivity index (χ0) is 31.6. The zero-order valence-electron chi connectivity index (χ0n) is 22.9. The van der Waals surface area contributed by atoms with E-state index in [1.165, 1.54) is 37.4 Å². The van der Waals surface area contributed by atoms with Crippen LogP contribution in [-0.2, 0) is 19.1 Å². The minimum absolute atomic E-state index is 0.0959. The number of benzene rings is 2. The number of hydrogen-bond acceptors (Lipinski definition) is 14. The molecule has 2 heterocycles. The first-order valence-corrected chi connectivity index (χ1v) is 12.8. The summed E-state index contributed by atoms with van der Waals surface area (Å²) in [6.07, 6.45) is -10.5. The van der Waals surface area contributed by atoms with E-state index in [0.29, 0.717) is 0 Å². The Labute approximate surface area is 242 Å². The summed E-state index contributed by atoms with van der Waals surface area (Å²) in [6.45, 7) is 0.400. The van der Waals surface area contributed by atoms with E-state index in [0.717, 1.165) is 13.0 Å². The number of aliphatic hydroxyl groups excluding tert-OH is 3. The van der Waals surface area contributed by atoms with Gasteiger partial charge in [-0.1, -0.05) is 0 Å². The Bertz CT molecular complexity index is 1540. The standard InChI is InChI=1S/C28H30O15/c1-28(38,9-18(31)32)10-19(33)40-11-17-21(34)23(36)24(37)27(42-17)43-26-22(35)20-15(30)7-14(39-2)8-16(20)41-25(26)12-3-5-13(29)6-4-12/h3-8,17,21,23-24,27,29-30,34,36-38H,9-11H2,1-2H3,(H,31,32)/t17-,21+,23+,24-,27+,28?/m1/s1. The number of fused-ring (bicyclic) bond motifs is 1. The number of carbonyl (C=O) groups excluding carboxylic acids is 1. The van der Waals surface area contributed by atoms with E-state index in [-0.39, 0.29) is 33.8 Å². The molecule has 1 saturated heterocycles. The van der Waals surface area contributed by atoms with Crippen molar-refractivity contribution in [3.8, 4) is 34.3 Å². The van der Waals surface area contributed by atoms with E-state index < -0.39 is 84.6 Å². The van der Waals surface area contributed by atoms with E-state index >= 15 is 0 Å². The van der Waals surface area contributed by atoms with Crippen molar-refractivity contribution in [2.75, 3.05) is 13.7 Å². The zero-order valence-corrected chi connectivity index (χ0v) is 22.9. The highest BCUT2D eigenvalue weighted by molar-refractivity contribution is 5.88. The summed E-state index contributed by atoms with van der Waals surface area (Å²) >= 11 is 0. The summed E-state index contributed by atoms with van der Waals surface area (Å²) < 4.78 is 27.3. The number of carboxylic acids is 1. The predicted molar refractivity (Wildman–Crippen MR) is 144 cm³/mol. The van der Waals surface area contributed by atoms with Crippen LogP contribution in [0.1, 0.15) is 19.8 Å². The van der Waals surface area contributed by atoms with E-state index in [2.05, 4.69) is 0 Å². The van der Waals surface area contributed by atoms with Gasteiger partial charge in [0, 0.05) is 17.7 Å². The number of carboxylic acid groups (broad SMARTS) is 1. The molecule has 1 aliphatic heterocycles. The van der Waals surface area contributed by atoms with Crippen LogP contribution in [0.3, 0.4) is 0 Å². The van der Waals surface area contributed by atoms with Crippen LogP contribution in [0.5, 0.6) is 23.0 Å². The molecule has 15 heteroatoms. The minimum atomic E-state index is -1.94. The van der Waals surface area contributed by atoms with Gasteiger partial charge in [-0.15, -0.1) is 0 Å². The molecule has 0 aliphatic carbocycles. The Kier molecular flexibility index (Phi) is 9.12. The molecule has 0 spiro atoms. The lowest BCUT2D eigenvalue weighted by molar-refractivity contribution is -0.278. The van der Waals surface area contributed by atoms with Crippen LogP contribution >= 0.6 is 0 Å². The Morgan fingerprint density at radius 1 is 1.00 bits per heavy atom. The number of carbonyl (C=O) groups is 2. The summed E-state index contributed by atoms with van der Waals surface area (Å²) in [5.41, 5.74) is -2.72. The van der Waals surface area contributed by atoms with Crippen LogP contribution in [0.25, 0.3) is 22.3 Å².